The smallest absolute Gasteiger partial charge is 0.291 e. The minimum Gasteiger partial charge on any atom is -0.291 e. The molecule has 0 saturated heterocycles. The van der Waals surface area contributed by atoms with E-state index in [1.807, 2.05) is 0 Å². The molecule has 0 spiro atoms. The van der Waals surface area contributed by atoms with Gasteiger partial charge in [-0.2, -0.15) is 4.98 Å². The third-order valence-electron chi connectivity index (χ3n) is 1.19. The highest BCUT2D eigenvalue weighted by Gasteiger charge is 1.96. The second kappa shape index (κ2) is 2.34. The lowest BCUT2D eigenvalue weighted by Crippen LogP contribution is -2.22. The van der Waals surface area contributed by atoms with Crippen molar-refractivity contribution in [2.24, 2.45) is 7.05 Å². The highest BCUT2D eigenvalue weighted by molar-refractivity contribution is 7.06. The zero-order valence-electron chi connectivity index (χ0n) is 5.62. The van der Waals surface area contributed by atoms with Gasteiger partial charge in [0.2, 0.25) is 0 Å². The molecule has 4 nitrogen and oxygen atoms in total. The number of hydrogen-bond acceptors (Lipinski definition) is 4. The van der Waals surface area contributed by atoms with E-state index in [2.05, 4.69) is 4.98 Å². The Balaban J connectivity index is 3.62. The lowest BCUT2D eigenvalue weighted by molar-refractivity contribution is 0.794. The van der Waals surface area contributed by atoms with E-state index in [0.717, 1.165) is 0 Å². The van der Waals surface area contributed by atoms with Crippen molar-refractivity contribution in [3.8, 4) is 0 Å². The minimum atomic E-state index is -0.430. The molecule has 0 aliphatic rings. The molecule has 1 heterocycles. The largest absolute Gasteiger partial charge is 0.332 e. The molecule has 1 rings (SSSR count). The number of rotatable bonds is 0. The third kappa shape index (κ3) is 1.13. The van der Waals surface area contributed by atoms with Crippen LogP contribution in [0.25, 0.3) is 0 Å². The summed E-state index contributed by atoms with van der Waals surface area (Å²) in [5.74, 6) is 0.453. The molecule has 0 radical (unpaired) electrons. The summed E-state index contributed by atoms with van der Waals surface area (Å²) in [6, 6.07) is 0. The average molecular weight is 158 g/mol. The molecule has 0 amide bonds. The van der Waals surface area contributed by atoms with E-state index in [0.29, 0.717) is 17.2 Å². The van der Waals surface area contributed by atoms with Crippen molar-refractivity contribution in [3.05, 3.63) is 25.2 Å². The van der Waals surface area contributed by atoms with E-state index in [1.165, 1.54) is 4.57 Å². The predicted octanol–water partition coefficient (Wildman–Crippen LogP) is -0.490. The number of aryl methyl sites for hydroxylation is 1. The van der Waals surface area contributed by atoms with E-state index in [4.69, 9.17) is 0 Å². The van der Waals surface area contributed by atoms with Crippen LogP contribution >= 0.6 is 11.3 Å². The first-order valence-corrected chi connectivity index (χ1v) is 3.47. The topological polar surface area (TPSA) is 52.0 Å². The van der Waals surface area contributed by atoms with Gasteiger partial charge >= 0.3 is 9.75 Å². The summed E-state index contributed by atoms with van der Waals surface area (Å²) >= 11 is 0.614. The number of nitrogens with zero attached hydrogens (tertiary/aromatic N) is 2. The fraction of sp³-hybridized carbons (Fsp3) is 0.400. The first-order chi connectivity index (χ1) is 4.61. The van der Waals surface area contributed by atoms with Crippen LogP contribution in [-0.2, 0) is 7.05 Å². The molecular weight excluding hydrogens is 152 g/mol. The van der Waals surface area contributed by atoms with Crippen molar-refractivity contribution < 1.29 is 0 Å². The van der Waals surface area contributed by atoms with Gasteiger partial charge in [-0.05, 0) is 18.3 Å². The Labute approximate surface area is 60.8 Å². The fourth-order valence-corrected chi connectivity index (χ4v) is 1.10. The summed E-state index contributed by atoms with van der Waals surface area (Å²) in [5, 5.41) is 0. The highest BCUT2D eigenvalue weighted by atomic mass is 32.1. The van der Waals surface area contributed by atoms with Crippen LogP contribution in [0.15, 0.2) is 9.59 Å². The second-order valence-electron chi connectivity index (χ2n) is 1.85. The van der Waals surface area contributed by atoms with Crippen molar-refractivity contribution in [2.45, 2.75) is 6.92 Å². The summed E-state index contributed by atoms with van der Waals surface area (Å²) in [7, 11) is 1.58. The SMILES string of the molecule is Cc1nc(=O)sc(=O)n1C. The molecule has 54 valence electrons. The minimum absolute atomic E-state index is 0.266. The number of hydrogen-bond donors (Lipinski definition) is 0. The highest BCUT2D eigenvalue weighted by Crippen LogP contribution is 1.80. The van der Waals surface area contributed by atoms with Crippen LogP contribution in [0.5, 0.6) is 0 Å². The maximum atomic E-state index is 10.8. The molecule has 0 atom stereocenters. The summed E-state index contributed by atoms with van der Waals surface area (Å²) in [4.78, 5) is 24.2. The Hall–Kier alpha value is -0.970. The first kappa shape index (κ1) is 7.14. The Morgan fingerprint density at radius 2 is 2.10 bits per heavy atom. The molecule has 0 aromatic carbocycles. The van der Waals surface area contributed by atoms with E-state index < -0.39 is 4.87 Å². The van der Waals surface area contributed by atoms with Crippen LogP contribution in [0, 0.1) is 6.92 Å². The monoisotopic (exact) mass is 158 g/mol. The van der Waals surface area contributed by atoms with Gasteiger partial charge in [0.15, 0.2) is 0 Å². The standard InChI is InChI=1S/C5H6N2O2S/c1-3-6-4(8)10-5(9)7(3)2/h1-2H3. The van der Waals surface area contributed by atoms with Crippen LogP contribution in [-0.4, -0.2) is 9.55 Å². The van der Waals surface area contributed by atoms with Crippen molar-refractivity contribution in [1.29, 1.82) is 0 Å². The van der Waals surface area contributed by atoms with E-state index in [9.17, 15) is 9.59 Å². The van der Waals surface area contributed by atoms with Crippen LogP contribution in [0.3, 0.4) is 0 Å². The third-order valence-corrected chi connectivity index (χ3v) is 1.90. The lowest BCUT2D eigenvalue weighted by Gasteiger charge is -1.95. The van der Waals surface area contributed by atoms with Crippen LogP contribution < -0.4 is 9.75 Å². The fourth-order valence-electron chi connectivity index (χ4n) is 0.505. The van der Waals surface area contributed by atoms with Crippen molar-refractivity contribution in [1.82, 2.24) is 9.55 Å². The van der Waals surface area contributed by atoms with Gasteiger partial charge in [-0.1, -0.05) is 0 Å². The van der Waals surface area contributed by atoms with Gasteiger partial charge in [0, 0.05) is 7.05 Å². The predicted molar refractivity (Wildman–Crippen MR) is 38.4 cm³/mol. The van der Waals surface area contributed by atoms with Crippen molar-refractivity contribution in [2.75, 3.05) is 0 Å². The van der Waals surface area contributed by atoms with Gasteiger partial charge < -0.3 is 0 Å². The van der Waals surface area contributed by atoms with Crippen LogP contribution in [0.1, 0.15) is 5.82 Å². The quantitative estimate of drug-likeness (QED) is 0.512. The van der Waals surface area contributed by atoms with Crippen molar-refractivity contribution >= 4 is 11.3 Å². The molecule has 0 fully saturated rings. The molecule has 1 aromatic heterocycles. The van der Waals surface area contributed by atoms with Gasteiger partial charge in [0.25, 0.3) is 0 Å². The lowest BCUT2D eigenvalue weighted by atomic mass is 10.7. The Morgan fingerprint density at radius 3 is 2.60 bits per heavy atom. The summed E-state index contributed by atoms with van der Waals surface area (Å²) in [6.45, 7) is 1.62. The number of aromatic nitrogens is 2. The normalized spacial score (nSPS) is 9.80. The summed E-state index contributed by atoms with van der Waals surface area (Å²) in [5.41, 5.74) is 0. The Kier molecular flexibility index (Phi) is 1.67. The maximum absolute atomic E-state index is 10.8. The molecule has 0 unspecified atom stereocenters. The van der Waals surface area contributed by atoms with Crippen LogP contribution in [0.4, 0.5) is 0 Å². The maximum Gasteiger partial charge on any atom is 0.332 e. The Morgan fingerprint density at radius 1 is 1.50 bits per heavy atom. The Bertz CT molecular complexity index is 351. The molecule has 0 bridgehead atoms. The molecule has 0 aliphatic heterocycles. The van der Waals surface area contributed by atoms with E-state index in [-0.39, 0.29) is 4.87 Å². The van der Waals surface area contributed by atoms with Crippen molar-refractivity contribution in [3.63, 3.8) is 0 Å². The zero-order chi connectivity index (χ0) is 7.72. The molecular formula is C5H6N2O2S. The van der Waals surface area contributed by atoms with Crippen LogP contribution in [0.2, 0.25) is 0 Å². The molecule has 0 N–H and O–H groups in total. The molecule has 5 heteroatoms. The van der Waals surface area contributed by atoms with Gasteiger partial charge in [0.05, 0.1) is 0 Å². The summed E-state index contributed by atoms with van der Waals surface area (Å²) < 4.78 is 1.34. The van der Waals surface area contributed by atoms with E-state index in [1.54, 1.807) is 14.0 Å². The van der Waals surface area contributed by atoms with E-state index >= 15 is 0 Å². The van der Waals surface area contributed by atoms with Gasteiger partial charge in [-0.15, -0.1) is 0 Å². The first-order valence-electron chi connectivity index (χ1n) is 2.66. The molecule has 0 aliphatic carbocycles. The molecule has 0 saturated carbocycles. The average Bonchev–Trinajstić information content (AvgIpc) is 1.82. The van der Waals surface area contributed by atoms with Gasteiger partial charge in [0.1, 0.15) is 5.82 Å². The summed E-state index contributed by atoms with van der Waals surface area (Å²) in [6.07, 6.45) is 0. The molecule has 1 aromatic rings. The van der Waals surface area contributed by atoms with Gasteiger partial charge in [-0.3, -0.25) is 14.2 Å². The second-order valence-corrected chi connectivity index (χ2v) is 2.75. The molecule has 10 heavy (non-hydrogen) atoms. The van der Waals surface area contributed by atoms with Gasteiger partial charge in [-0.25, -0.2) is 0 Å². The zero-order valence-corrected chi connectivity index (χ0v) is 6.44.